The Labute approximate surface area is 270 Å². The molecular formula is C30H46BBrN4O6P2. The molecule has 0 amide bonds. The van der Waals surface area contributed by atoms with Crippen LogP contribution in [0, 0.1) is 0 Å². The highest BCUT2D eigenvalue weighted by Crippen LogP contribution is 2.39. The number of nitrogen functional groups attached to an aromatic ring is 2. The van der Waals surface area contributed by atoms with Crippen LogP contribution in [0.4, 0.5) is 11.4 Å². The monoisotopic (exact) mass is 710 g/mol. The topological polar surface area (TPSA) is 157 Å². The molecule has 44 heavy (non-hydrogen) atoms. The number of halogens is 1. The summed E-state index contributed by atoms with van der Waals surface area (Å²) in [6.45, 7) is 14.9. The molecule has 0 unspecified atom stereocenters. The van der Waals surface area contributed by atoms with E-state index >= 15 is 0 Å². The smallest absolute Gasteiger partial charge is 0.445 e. The molecule has 10 nitrogen and oxygen atoms in total. The summed E-state index contributed by atoms with van der Waals surface area (Å²) in [5.74, 6) is 0.509. The summed E-state index contributed by atoms with van der Waals surface area (Å²) in [5.41, 5.74) is 13.7. The van der Waals surface area contributed by atoms with Crippen LogP contribution in [0.2, 0.25) is 0 Å². The number of nitrogens with zero attached hydrogens (tertiary/aromatic N) is 2. The first-order valence-electron chi connectivity index (χ1n) is 13.0. The number of nitrogens with two attached hydrogens (primary N) is 2. The van der Waals surface area contributed by atoms with Gasteiger partial charge >= 0.3 is 7.12 Å². The Bertz CT molecular complexity index is 1570. The molecule has 0 spiro atoms. The van der Waals surface area contributed by atoms with Crippen LogP contribution in [0.5, 0.6) is 0 Å². The number of rotatable bonds is 4. The van der Waals surface area contributed by atoms with E-state index in [0.29, 0.717) is 32.7 Å². The summed E-state index contributed by atoms with van der Waals surface area (Å²) in [7, 11) is -5.26. The Morgan fingerprint density at radius 1 is 0.750 bits per heavy atom. The van der Waals surface area contributed by atoms with E-state index in [2.05, 4.69) is 30.3 Å². The highest BCUT2D eigenvalue weighted by Gasteiger charge is 2.51. The van der Waals surface area contributed by atoms with Gasteiger partial charge in [0.05, 0.1) is 23.6 Å². The fourth-order valence-corrected chi connectivity index (χ4v) is 6.40. The van der Waals surface area contributed by atoms with Crippen LogP contribution in [-0.2, 0) is 18.4 Å². The molecule has 4 N–H and O–H groups in total. The molecule has 0 saturated carbocycles. The molecule has 2 aromatic carbocycles. The van der Waals surface area contributed by atoms with E-state index in [9.17, 15) is 9.13 Å². The maximum atomic E-state index is 12.3. The minimum Gasteiger partial charge on any atom is -0.445 e. The molecule has 5 rings (SSSR count). The van der Waals surface area contributed by atoms with Gasteiger partial charge in [0.2, 0.25) is 5.89 Å². The van der Waals surface area contributed by atoms with Crippen LogP contribution in [-0.4, -0.2) is 54.9 Å². The first kappa shape index (κ1) is 39.4. The van der Waals surface area contributed by atoms with E-state index in [4.69, 9.17) is 25.2 Å². The molecule has 1 saturated heterocycles. The molecule has 4 aromatic rings. The number of aromatic nitrogens is 2. The Morgan fingerprint density at radius 2 is 1.23 bits per heavy atom. The van der Waals surface area contributed by atoms with Crippen LogP contribution in [0.25, 0.3) is 11.5 Å². The average Bonchev–Trinajstić information content (AvgIpc) is 3.61. The molecule has 242 valence electrons. The van der Waals surface area contributed by atoms with Gasteiger partial charge in [-0.25, -0.2) is 9.97 Å². The molecule has 1 fully saturated rings. The average molecular weight is 711 g/mol. The predicted molar refractivity (Wildman–Crippen MR) is 189 cm³/mol. The highest BCUT2D eigenvalue weighted by molar-refractivity contribution is 9.10. The van der Waals surface area contributed by atoms with Crippen LogP contribution >= 0.6 is 30.2 Å². The minimum atomic E-state index is -2.42. The third kappa shape index (κ3) is 9.95. The van der Waals surface area contributed by atoms with E-state index in [-0.39, 0.29) is 26.1 Å². The number of oxazole rings is 2. The Balaban J connectivity index is 0.000000361. The fourth-order valence-electron chi connectivity index (χ4n) is 3.87. The van der Waals surface area contributed by atoms with Gasteiger partial charge in [0.15, 0.2) is 0 Å². The summed E-state index contributed by atoms with van der Waals surface area (Å²) in [4.78, 5) is 8.24. The lowest BCUT2D eigenvalue weighted by molar-refractivity contribution is 0.00578. The minimum absolute atomic E-state index is 0. The SMILES string of the molecule is Brc1ncco1.C.C.CC1(C)OB(c2ccc(N)c(P(C)(C)=O)c2)OC1(C)C.CP(C)(=O)c1cc(-c2ncco2)ccc1N. The van der Waals surface area contributed by atoms with Crippen molar-refractivity contribution >= 4 is 64.8 Å². The summed E-state index contributed by atoms with van der Waals surface area (Å²) in [6.07, 6.45) is 6.15. The van der Waals surface area contributed by atoms with E-state index in [0.717, 1.165) is 11.0 Å². The number of hydrogen-bond donors (Lipinski definition) is 2. The van der Waals surface area contributed by atoms with Crippen LogP contribution in [0.15, 0.2) is 75.0 Å². The standard InChI is InChI=1S/C14H23BNO3P.C11H13N2O2P.C3H2BrNO.2CH4/c1-13(2)14(3,4)19-15(18-13)10-7-8-11(16)12(9-10)20(5,6)17;1-16(2,14)10-7-8(3-4-9(10)12)11-13-5-6-15-11;4-3-5-1-2-6-3;;/h7-9H,16H2,1-6H3;3-7H,12H2,1-2H3;1-2H;2*1H4. The summed E-state index contributed by atoms with van der Waals surface area (Å²) >= 11 is 3.00. The Hall–Kier alpha value is -2.62. The zero-order valence-corrected chi connectivity index (χ0v) is 28.5. The second kappa shape index (κ2) is 15.1. The lowest BCUT2D eigenvalue weighted by atomic mass is 9.79. The third-order valence-corrected chi connectivity index (χ3v) is 10.3. The van der Waals surface area contributed by atoms with Crippen molar-refractivity contribution in [2.75, 3.05) is 38.1 Å². The molecule has 1 aliphatic heterocycles. The van der Waals surface area contributed by atoms with Gasteiger partial charge in [-0.2, -0.15) is 0 Å². The molecule has 3 heterocycles. The van der Waals surface area contributed by atoms with Crippen LogP contribution < -0.4 is 27.5 Å². The van der Waals surface area contributed by atoms with E-state index in [1.54, 1.807) is 63.3 Å². The lowest BCUT2D eigenvalue weighted by Crippen LogP contribution is -2.41. The van der Waals surface area contributed by atoms with Crippen molar-refractivity contribution in [2.45, 2.75) is 53.8 Å². The van der Waals surface area contributed by atoms with Crippen LogP contribution in [0.3, 0.4) is 0 Å². The van der Waals surface area contributed by atoms with Crippen molar-refractivity contribution < 1.29 is 27.3 Å². The summed E-state index contributed by atoms with van der Waals surface area (Å²) in [6, 6.07) is 10.8. The first-order valence-corrected chi connectivity index (χ1v) is 19.0. The van der Waals surface area contributed by atoms with Crippen molar-refractivity contribution in [3.63, 3.8) is 0 Å². The quantitative estimate of drug-likeness (QED) is 0.133. The molecule has 0 atom stereocenters. The highest BCUT2D eigenvalue weighted by atomic mass is 79.9. The maximum Gasteiger partial charge on any atom is 0.494 e. The largest absolute Gasteiger partial charge is 0.494 e. The summed E-state index contributed by atoms with van der Waals surface area (Å²) < 4.78 is 46.2. The van der Waals surface area contributed by atoms with Crippen molar-refractivity contribution in [1.82, 2.24) is 9.97 Å². The zero-order valence-electron chi connectivity index (χ0n) is 25.1. The van der Waals surface area contributed by atoms with Gasteiger partial charge in [0.1, 0.15) is 26.8 Å². The normalized spacial score (nSPS) is 15.1. The Morgan fingerprint density at radius 3 is 1.64 bits per heavy atom. The molecule has 0 aliphatic carbocycles. The molecule has 0 radical (unpaired) electrons. The molecule has 14 heteroatoms. The van der Waals surface area contributed by atoms with Crippen molar-refractivity contribution in [1.29, 1.82) is 0 Å². The van der Waals surface area contributed by atoms with E-state index in [1.807, 2.05) is 39.8 Å². The van der Waals surface area contributed by atoms with Gasteiger partial charge < -0.3 is 38.7 Å². The number of benzene rings is 2. The number of anilines is 2. The fraction of sp³-hybridized carbons (Fsp3) is 0.400. The molecule has 1 aliphatic rings. The maximum absolute atomic E-state index is 12.3. The van der Waals surface area contributed by atoms with Gasteiger partial charge in [-0.15, -0.1) is 0 Å². The van der Waals surface area contributed by atoms with Gasteiger partial charge in [-0.05, 0) is 90.1 Å². The van der Waals surface area contributed by atoms with Gasteiger partial charge in [-0.1, -0.05) is 20.9 Å². The van der Waals surface area contributed by atoms with Gasteiger partial charge in [0.25, 0.3) is 4.80 Å². The van der Waals surface area contributed by atoms with Crippen molar-refractivity contribution in [2.24, 2.45) is 0 Å². The predicted octanol–water partition coefficient (Wildman–Crippen LogP) is 6.70. The van der Waals surface area contributed by atoms with Gasteiger partial charge in [-0.3, -0.25) is 0 Å². The molecule has 0 bridgehead atoms. The molecular weight excluding hydrogens is 665 g/mol. The van der Waals surface area contributed by atoms with E-state index in [1.165, 1.54) is 12.5 Å². The van der Waals surface area contributed by atoms with Crippen LogP contribution in [0.1, 0.15) is 42.5 Å². The zero-order chi connectivity index (χ0) is 31.5. The first-order chi connectivity index (χ1) is 19.3. The third-order valence-electron chi connectivity index (χ3n) is 6.85. The molecule has 2 aromatic heterocycles. The van der Waals surface area contributed by atoms with Gasteiger partial charge in [0, 0.05) is 43.5 Å². The Kier molecular flexibility index (Phi) is 13.5. The van der Waals surface area contributed by atoms with E-state index < -0.39 is 21.4 Å². The van der Waals surface area contributed by atoms with Crippen molar-refractivity contribution in [3.05, 3.63) is 66.1 Å². The number of hydrogen-bond acceptors (Lipinski definition) is 10. The second-order valence-corrected chi connectivity index (χ2v) is 18.5. The second-order valence-electron chi connectivity index (χ2n) is 11.5. The summed E-state index contributed by atoms with van der Waals surface area (Å²) in [5, 5.41) is 1.35. The van der Waals surface area contributed by atoms with Crippen molar-refractivity contribution in [3.8, 4) is 11.5 Å². The lowest BCUT2D eigenvalue weighted by Gasteiger charge is -2.32.